The van der Waals surface area contributed by atoms with Gasteiger partial charge in [0.05, 0.1) is 19.6 Å². The van der Waals surface area contributed by atoms with Crippen LogP contribution in [0.15, 0.2) is 9.33 Å². The monoisotopic (exact) mass is 465 g/mol. The number of nitrogens with zero attached hydrogens (tertiary/aromatic N) is 7. The van der Waals surface area contributed by atoms with Crippen molar-refractivity contribution in [3.63, 3.8) is 0 Å². The first-order chi connectivity index (χ1) is 14.8. The van der Waals surface area contributed by atoms with Crippen LogP contribution in [0.5, 0.6) is 0 Å². The summed E-state index contributed by atoms with van der Waals surface area (Å²) in [7, 11) is 3.13. The quantitative estimate of drug-likeness (QED) is 0.471. The predicted octanol–water partition coefficient (Wildman–Crippen LogP) is -0.191. The molecule has 2 saturated heterocycles. The third-order valence-corrected chi connectivity index (χ3v) is 7.71. The first kappa shape index (κ1) is 21.7. The van der Waals surface area contributed by atoms with Crippen LogP contribution in [-0.2, 0) is 9.59 Å². The standard InChI is InChI=1S/C18H24N8O3S2/c1-10-21-22-17(31-10)30-9-8-26-12-14(23(2)18(29)24(3)15(12)28)20-16(26)25-6-4-11(5-7-25)13(19)27/h11-12H,4-9H2,1-3H3,(H-,19,27)/p+1. The van der Waals surface area contributed by atoms with Gasteiger partial charge in [-0.15, -0.1) is 10.2 Å². The van der Waals surface area contributed by atoms with E-state index in [1.807, 2.05) is 11.8 Å². The van der Waals surface area contributed by atoms with E-state index in [1.54, 1.807) is 18.8 Å². The van der Waals surface area contributed by atoms with E-state index in [0.717, 1.165) is 14.2 Å². The summed E-state index contributed by atoms with van der Waals surface area (Å²) in [6.07, 6.45) is 1.28. The van der Waals surface area contributed by atoms with Crippen LogP contribution < -0.4 is 5.73 Å². The molecule has 0 spiro atoms. The maximum Gasteiger partial charge on any atom is 0.392 e. The third-order valence-electron chi connectivity index (χ3n) is 5.76. The van der Waals surface area contributed by atoms with Crippen LogP contribution in [-0.4, -0.2) is 105 Å². The number of likely N-dealkylation sites (N-methyl/N-ethyl adjacent to an activating group) is 2. The number of aromatic nitrogens is 2. The number of piperidine rings is 1. The van der Waals surface area contributed by atoms with Crippen molar-refractivity contribution >= 4 is 52.7 Å². The number of aliphatic imine (C=N–C) groups is 1. The average Bonchev–Trinajstić information content (AvgIpc) is 3.34. The van der Waals surface area contributed by atoms with Crippen LogP contribution in [0.1, 0.15) is 17.8 Å². The zero-order chi connectivity index (χ0) is 22.3. The minimum absolute atomic E-state index is 0.144. The second kappa shape index (κ2) is 8.54. The normalized spacial score (nSPS) is 24.1. The number of amidine groups is 1. The highest BCUT2D eigenvalue weighted by Gasteiger charge is 2.55. The molecule has 166 valence electrons. The molecule has 1 aromatic heterocycles. The molecular formula is C18H25N8O3S2+. The molecule has 13 heteroatoms. The summed E-state index contributed by atoms with van der Waals surface area (Å²) < 4.78 is 2.96. The summed E-state index contributed by atoms with van der Waals surface area (Å²) in [5.41, 5.74) is 5.47. The highest BCUT2D eigenvalue weighted by molar-refractivity contribution is 8.01. The maximum absolute atomic E-state index is 13.0. The van der Waals surface area contributed by atoms with E-state index in [2.05, 4.69) is 14.8 Å². The molecule has 4 heterocycles. The van der Waals surface area contributed by atoms with E-state index in [0.29, 0.717) is 50.0 Å². The third kappa shape index (κ3) is 4.03. The Morgan fingerprint density at radius 2 is 1.94 bits per heavy atom. The fraction of sp³-hybridized carbons (Fsp3) is 0.611. The van der Waals surface area contributed by atoms with Crippen molar-refractivity contribution in [1.29, 1.82) is 0 Å². The molecule has 11 nitrogen and oxygen atoms in total. The average molecular weight is 466 g/mol. The van der Waals surface area contributed by atoms with Crippen LogP contribution in [0.3, 0.4) is 0 Å². The maximum atomic E-state index is 13.0. The molecule has 31 heavy (non-hydrogen) atoms. The highest BCUT2D eigenvalue weighted by atomic mass is 32.2. The van der Waals surface area contributed by atoms with Crippen LogP contribution in [0.25, 0.3) is 0 Å². The second-order valence-corrected chi connectivity index (χ2v) is 10.2. The first-order valence-corrected chi connectivity index (χ1v) is 11.8. The molecule has 0 radical (unpaired) electrons. The van der Waals surface area contributed by atoms with E-state index in [-0.39, 0.29) is 17.7 Å². The number of fused-ring (bicyclic) bond motifs is 1. The molecule has 1 atom stereocenters. The van der Waals surface area contributed by atoms with Gasteiger partial charge in [0, 0.05) is 25.8 Å². The lowest BCUT2D eigenvalue weighted by Crippen LogP contribution is -2.63. The van der Waals surface area contributed by atoms with Crippen molar-refractivity contribution in [3.05, 3.63) is 5.01 Å². The lowest BCUT2D eigenvalue weighted by atomic mass is 9.97. The molecule has 0 aromatic carbocycles. The van der Waals surface area contributed by atoms with Crippen molar-refractivity contribution in [2.24, 2.45) is 16.6 Å². The first-order valence-electron chi connectivity index (χ1n) is 10.0. The molecule has 2 N–H and O–H groups in total. The number of guanidine groups is 1. The number of hydrogen-bond acceptors (Lipinski definition) is 7. The summed E-state index contributed by atoms with van der Waals surface area (Å²) in [5, 5.41) is 9.08. The Kier molecular flexibility index (Phi) is 5.97. The fourth-order valence-corrected chi connectivity index (χ4v) is 5.82. The molecule has 4 rings (SSSR count). The lowest BCUT2D eigenvalue weighted by Gasteiger charge is -2.33. The number of rotatable bonds is 5. The van der Waals surface area contributed by atoms with Crippen LogP contribution >= 0.6 is 23.1 Å². The second-order valence-electron chi connectivity index (χ2n) is 7.70. The smallest absolute Gasteiger partial charge is 0.369 e. The number of carbonyl (C=O) groups excluding carboxylic acids is 3. The molecule has 4 amide bonds. The van der Waals surface area contributed by atoms with Crippen molar-refractivity contribution in [1.82, 2.24) is 24.9 Å². The van der Waals surface area contributed by atoms with Gasteiger partial charge in [-0.2, -0.15) is 0 Å². The Balaban J connectivity index is 1.60. The zero-order valence-electron chi connectivity index (χ0n) is 17.6. The Labute approximate surface area is 188 Å². The molecule has 1 unspecified atom stereocenters. The van der Waals surface area contributed by atoms with Crippen molar-refractivity contribution < 1.29 is 19.0 Å². The van der Waals surface area contributed by atoms with E-state index in [1.165, 1.54) is 23.3 Å². The van der Waals surface area contributed by atoms with Crippen LogP contribution in [0, 0.1) is 12.8 Å². The Bertz CT molecular complexity index is 980. The number of aryl methyl sites for hydroxylation is 1. The minimum Gasteiger partial charge on any atom is -0.369 e. The SMILES string of the molecule is Cc1nnc(SCCN2C(=[N+]3CCC(C(N)=O)CC3)N=C3C2C(=O)N(C)C(=O)N3C)s1. The van der Waals surface area contributed by atoms with Crippen molar-refractivity contribution in [2.45, 2.75) is 30.1 Å². The molecule has 0 aliphatic carbocycles. The summed E-state index contributed by atoms with van der Waals surface area (Å²) in [5.74, 6) is 1.08. The van der Waals surface area contributed by atoms with Gasteiger partial charge in [0.25, 0.3) is 5.91 Å². The van der Waals surface area contributed by atoms with E-state index in [9.17, 15) is 14.4 Å². The molecule has 0 saturated carbocycles. The number of urea groups is 1. The van der Waals surface area contributed by atoms with Gasteiger partial charge in [0.1, 0.15) is 5.01 Å². The molecule has 2 fully saturated rings. The number of carbonyl (C=O) groups is 3. The van der Waals surface area contributed by atoms with Crippen molar-refractivity contribution in [2.75, 3.05) is 39.5 Å². The van der Waals surface area contributed by atoms with Gasteiger partial charge in [-0.3, -0.25) is 24.0 Å². The van der Waals surface area contributed by atoms with Crippen molar-refractivity contribution in [3.8, 4) is 0 Å². The Hall–Kier alpha value is -2.54. The molecule has 0 bridgehead atoms. The summed E-state index contributed by atoms with van der Waals surface area (Å²) in [4.78, 5) is 46.2. The van der Waals surface area contributed by atoms with Crippen LogP contribution in [0.4, 0.5) is 4.79 Å². The largest absolute Gasteiger partial charge is 0.392 e. The van der Waals surface area contributed by atoms with E-state index < -0.39 is 12.1 Å². The topological polar surface area (TPSA) is 128 Å². The lowest BCUT2D eigenvalue weighted by molar-refractivity contribution is -0.544. The number of primary amides is 1. The highest BCUT2D eigenvalue weighted by Crippen LogP contribution is 2.27. The van der Waals surface area contributed by atoms with Gasteiger partial charge >= 0.3 is 12.0 Å². The van der Waals surface area contributed by atoms with Gasteiger partial charge in [-0.1, -0.05) is 28.1 Å². The molecular weight excluding hydrogens is 440 g/mol. The van der Waals surface area contributed by atoms with E-state index >= 15 is 0 Å². The number of hydrogen-bond donors (Lipinski definition) is 1. The minimum atomic E-state index is -0.645. The molecule has 3 aliphatic rings. The zero-order valence-corrected chi connectivity index (χ0v) is 19.3. The Morgan fingerprint density at radius 3 is 2.55 bits per heavy atom. The summed E-state index contributed by atoms with van der Waals surface area (Å²) in [6.45, 7) is 3.70. The number of imide groups is 1. The Morgan fingerprint density at radius 1 is 1.23 bits per heavy atom. The van der Waals surface area contributed by atoms with Gasteiger partial charge < -0.3 is 5.73 Å². The number of amides is 4. The predicted molar refractivity (Wildman–Crippen MR) is 116 cm³/mol. The summed E-state index contributed by atoms with van der Waals surface area (Å²) >= 11 is 3.11. The van der Waals surface area contributed by atoms with Gasteiger partial charge in [-0.25, -0.2) is 9.69 Å². The number of thioether (sulfide) groups is 1. The van der Waals surface area contributed by atoms with Crippen LogP contribution in [0.2, 0.25) is 0 Å². The van der Waals surface area contributed by atoms with E-state index in [4.69, 9.17) is 10.7 Å². The molecule has 3 aliphatic heterocycles. The summed E-state index contributed by atoms with van der Waals surface area (Å²) in [6, 6.07) is -1.04. The van der Waals surface area contributed by atoms with Gasteiger partial charge in [-0.05, 0) is 19.8 Å². The van der Waals surface area contributed by atoms with Gasteiger partial charge in [0.15, 0.2) is 4.34 Å². The molecule has 1 aromatic rings. The number of nitrogens with two attached hydrogens (primary N) is 1. The fourth-order valence-electron chi connectivity index (χ4n) is 4.00. The van der Waals surface area contributed by atoms with Gasteiger partial charge in [0.2, 0.25) is 17.8 Å².